The molecule has 0 bridgehead atoms. The molecule has 19 heavy (non-hydrogen) atoms. The molecule has 0 amide bonds. The molecule has 5 nitrogen and oxygen atoms in total. The van der Waals surface area contributed by atoms with Crippen LogP contribution < -0.4 is 4.90 Å². The lowest BCUT2D eigenvalue weighted by Crippen LogP contribution is -2.34. The van der Waals surface area contributed by atoms with E-state index >= 15 is 0 Å². The zero-order chi connectivity index (χ0) is 14.0. The molecule has 0 radical (unpaired) electrons. The smallest absolute Gasteiger partial charge is 0.292 e. The van der Waals surface area contributed by atoms with Crippen LogP contribution in [-0.2, 0) is 0 Å². The molecule has 1 aromatic rings. The Labute approximate surface area is 113 Å². The molecule has 0 saturated carbocycles. The maximum Gasteiger partial charge on any atom is 0.292 e. The number of anilines is 1. The molecule has 1 heterocycles. The predicted octanol–water partition coefficient (Wildman–Crippen LogP) is 2.88. The summed E-state index contributed by atoms with van der Waals surface area (Å²) < 4.78 is 0. The molecule has 2 unspecified atom stereocenters. The van der Waals surface area contributed by atoms with E-state index in [1.54, 1.807) is 19.1 Å². The van der Waals surface area contributed by atoms with Crippen molar-refractivity contribution in [3.63, 3.8) is 0 Å². The third-order valence-corrected chi connectivity index (χ3v) is 3.68. The van der Waals surface area contributed by atoms with Gasteiger partial charge in [-0.2, -0.15) is 0 Å². The average molecular weight is 264 g/mol. The largest absolute Gasteiger partial charge is 0.389 e. The lowest BCUT2D eigenvalue weighted by atomic mass is 9.99. The molecular weight excluding hydrogens is 244 g/mol. The van der Waals surface area contributed by atoms with Crippen LogP contribution in [0.25, 0.3) is 0 Å². The predicted molar refractivity (Wildman–Crippen MR) is 74.3 cm³/mol. The first-order chi connectivity index (χ1) is 8.99. The first-order valence-electron chi connectivity index (χ1n) is 6.70. The summed E-state index contributed by atoms with van der Waals surface area (Å²) in [6.45, 7) is 5.50. The Kier molecular flexibility index (Phi) is 4.04. The molecule has 2 atom stereocenters. The highest BCUT2D eigenvalue weighted by Crippen LogP contribution is 2.33. The highest BCUT2D eigenvalue weighted by Gasteiger charge is 2.24. The number of aliphatic hydroxyl groups is 1. The summed E-state index contributed by atoms with van der Waals surface area (Å²) >= 11 is 0. The minimum absolute atomic E-state index is 0.0903. The maximum atomic E-state index is 11.2. The van der Waals surface area contributed by atoms with Gasteiger partial charge in [-0.3, -0.25) is 10.1 Å². The highest BCUT2D eigenvalue weighted by atomic mass is 16.6. The van der Waals surface area contributed by atoms with E-state index in [-0.39, 0.29) is 10.6 Å². The SMILES string of the molecule is CC1CCCN(c2ccc(C(C)O)cc2[N+](=O)[O-])C1. The average Bonchev–Trinajstić information content (AvgIpc) is 2.37. The molecule has 1 N–H and O–H groups in total. The van der Waals surface area contributed by atoms with Gasteiger partial charge in [-0.25, -0.2) is 0 Å². The third kappa shape index (κ3) is 3.04. The van der Waals surface area contributed by atoms with E-state index in [2.05, 4.69) is 11.8 Å². The molecule has 2 rings (SSSR count). The van der Waals surface area contributed by atoms with E-state index < -0.39 is 6.10 Å². The summed E-state index contributed by atoms with van der Waals surface area (Å²) in [5.74, 6) is 0.560. The first kappa shape index (κ1) is 13.8. The second-order valence-corrected chi connectivity index (χ2v) is 5.37. The van der Waals surface area contributed by atoms with Gasteiger partial charge in [0.1, 0.15) is 5.69 Å². The minimum Gasteiger partial charge on any atom is -0.389 e. The van der Waals surface area contributed by atoms with Gasteiger partial charge in [0, 0.05) is 19.2 Å². The van der Waals surface area contributed by atoms with Crippen molar-refractivity contribution >= 4 is 11.4 Å². The van der Waals surface area contributed by atoms with E-state index in [4.69, 9.17) is 0 Å². The van der Waals surface area contributed by atoms with Crippen molar-refractivity contribution in [2.24, 2.45) is 5.92 Å². The number of nitro groups is 1. The second-order valence-electron chi connectivity index (χ2n) is 5.37. The Balaban J connectivity index is 2.36. The second kappa shape index (κ2) is 5.57. The molecule has 0 aliphatic carbocycles. The Hall–Kier alpha value is -1.62. The summed E-state index contributed by atoms with van der Waals surface area (Å²) in [6, 6.07) is 5.02. The van der Waals surface area contributed by atoms with Gasteiger partial charge in [-0.05, 0) is 37.3 Å². The monoisotopic (exact) mass is 264 g/mol. The number of piperidine rings is 1. The van der Waals surface area contributed by atoms with Gasteiger partial charge in [0.15, 0.2) is 0 Å². The minimum atomic E-state index is -0.687. The number of benzene rings is 1. The van der Waals surface area contributed by atoms with Crippen LogP contribution >= 0.6 is 0 Å². The van der Waals surface area contributed by atoms with Crippen molar-refractivity contribution in [2.75, 3.05) is 18.0 Å². The molecule has 5 heteroatoms. The zero-order valence-electron chi connectivity index (χ0n) is 11.4. The summed E-state index contributed by atoms with van der Waals surface area (Å²) in [5.41, 5.74) is 1.34. The number of hydrogen-bond acceptors (Lipinski definition) is 4. The quantitative estimate of drug-likeness (QED) is 0.673. The fourth-order valence-electron chi connectivity index (χ4n) is 2.62. The Bertz CT molecular complexity index is 474. The van der Waals surface area contributed by atoms with Gasteiger partial charge in [0.25, 0.3) is 5.69 Å². The summed E-state index contributed by atoms with van der Waals surface area (Å²) in [6.07, 6.45) is 1.56. The van der Waals surface area contributed by atoms with Crippen molar-refractivity contribution < 1.29 is 10.0 Å². The number of nitro benzene ring substituents is 1. The first-order valence-corrected chi connectivity index (χ1v) is 6.70. The Morgan fingerprint density at radius 2 is 2.26 bits per heavy atom. The number of nitrogens with zero attached hydrogens (tertiary/aromatic N) is 2. The van der Waals surface area contributed by atoms with Crippen LogP contribution in [0, 0.1) is 16.0 Å². The van der Waals surface area contributed by atoms with Crippen LogP contribution in [-0.4, -0.2) is 23.1 Å². The number of aliphatic hydroxyl groups excluding tert-OH is 1. The fourth-order valence-corrected chi connectivity index (χ4v) is 2.62. The molecule has 1 saturated heterocycles. The standard InChI is InChI=1S/C14H20N2O3/c1-10-4-3-7-15(9-10)13-6-5-12(11(2)17)8-14(13)16(18)19/h5-6,8,10-11,17H,3-4,7,9H2,1-2H3. The zero-order valence-corrected chi connectivity index (χ0v) is 11.4. The van der Waals surface area contributed by atoms with E-state index in [1.165, 1.54) is 12.5 Å². The van der Waals surface area contributed by atoms with Crippen LogP contribution in [0.5, 0.6) is 0 Å². The van der Waals surface area contributed by atoms with Crippen molar-refractivity contribution in [3.05, 3.63) is 33.9 Å². The fraction of sp³-hybridized carbons (Fsp3) is 0.571. The molecule has 104 valence electrons. The van der Waals surface area contributed by atoms with Gasteiger partial charge < -0.3 is 10.0 Å². The third-order valence-electron chi connectivity index (χ3n) is 3.68. The molecule has 1 fully saturated rings. The molecule has 1 aliphatic rings. The van der Waals surface area contributed by atoms with E-state index in [0.717, 1.165) is 19.5 Å². The lowest BCUT2D eigenvalue weighted by molar-refractivity contribution is -0.384. The molecule has 0 spiro atoms. The topological polar surface area (TPSA) is 66.6 Å². The normalized spacial score (nSPS) is 21.2. The van der Waals surface area contributed by atoms with Crippen molar-refractivity contribution in [2.45, 2.75) is 32.8 Å². The van der Waals surface area contributed by atoms with Crippen LogP contribution in [0.1, 0.15) is 38.4 Å². The molecule has 1 aromatic carbocycles. The maximum absolute atomic E-state index is 11.2. The van der Waals surface area contributed by atoms with Gasteiger partial charge in [-0.15, -0.1) is 0 Å². The van der Waals surface area contributed by atoms with Gasteiger partial charge in [0.05, 0.1) is 11.0 Å². The summed E-state index contributed by atoms with van der Waals surface area (Å²) in [4.78, 5) is 12.9. The van der Waals surface area contributed by atoms with Gasteiger partial charge in [-0.1, -0.05) is 13.0 Å². The highest BCUT2D eigenvalue weighted by molar-refractivity contribution is 5.64. The van der Waals surface area contributed by atoms with Gasteiger partial charge >= 0.3 is 0 Å². The van der Waals surface area contributed by atoms with E-state index in [9.17, 15) is 15.2 Å². The van der Waals surface area contributed by atoms with Crippen LogP contribution in [0.4, 0.5) is 11.4 Å². The van der Waals surface area contributed by atoms with E-state index in [0.29, 0.717) is 17.2 Å². The summed E-state index contributed by atoms with van der Waals surface area (Å²) in [5, 5.41) is 20.8. The lowest BCUT2D eigenvalue weighted by Gasteiger charge is -2.32. The number of hydrogen-bond donors (Lipinski definition) is 1. The van der Waals surface area contributed by atoms with Crippen LogP contribution in [0.3, 0.4) is 0 Å². The van der Waals surface area contributed by atoms with E-state index in [1.807, 2.05) is 0 Å². The molecule has 0 aromatic heterocycles. The molecule has 1 aliphatic heterocycles. The van der Waals surface area contributed by atoms with Crippen molar-refractivity contribution in [1.82, 2.24) is 0 Å². The van der Waals surface area contributed by atoms with Crippen LogP contribution in [0.15, 0.2) is 18.2 Å². The Morgan fingerprint density at radius 1 is 1.53 bits per heavy atom. The number of rotatable bonds is 3. The van der Waals surface area contributed by atoms with Crippen molar-refractivity contribution in [1.29, 1.82) is 0 Å². The molecular formula is C14H20N2O3. The van der Waals surface area contributed by atoms with Crippen molar-refractivity contribution in [3.8, 4) is 0 Å². The summed E-state index contributed by atoms with van der Waals surface area (Å²) in [7, 11) is 0. The van der Waals surface area contributed by atoms with Crippen LogP contribution in [0.2, 0.25) is 0 Å². The van der Waals surface area contributed by atoms with Gasteiger partial charge in [0.2, 0.25) is 0 Å². The Morgan fingerprint density at radius 3 is 2.84 bits per heavy atom.